The molecule has 0 radical (unpaired) electrons. The molecule has 1 atom stereocenters. The van der Waals surface area contributed by atoms with Crippen LogP contribution in [-0.4, -0.2) is 29.6 Å². The maximum Gasteiger partial charge on any atom is 0.335 e. The number of aryl methyl sites for hydroxylation is 2. The Morgan fingerprint density at radius 3 is 2.44 bits per heavy atom. The number of hydrogen-bond acceptors (Lipinski definition) is 3. The molecule has 2 aromatic rings. The van der Waals surface area contributed by atoms with Crippen molar-refractivity contribution in [3.05, 3.63) is 65.2 Å². The van der Waals surface area contributed by atoms with Crippen LogP contribution in [0.15, 0.2) is 48.5 Å². The highest BCUT2D eigenvalue weighted by Gasteiger charge is 2.09. The Bertz CT molecular complexity index is 725. The molecule has 5 heteroatoms. The Morgan fingerprint density at radius 2 is 1.80 bits per heavy atom. The highest BCUT2D eigenvalue weighted by molar-refractivity contribution is 5.87. The Hall–Kier alpha value is -2.82. The van der Waals surface area contributed by atoms with E-state index in [9.17, 15) is 9.59 Å². The number of hydrogen-bond donors (Lipinski definition) is 2. The van der Waals surface area contributed by atoms with Crippen molar-refractivity contribution in [2.24, 2.45) is 0 Å². The van der Waals surface area contributed by atoms with Gasteiger partial charge >= 0.3 is 5.97 Å². The van der Waals surface area contributed by atoms with E-state index in [1.54, 1.807) is 24.3 Å². The zero-order valence-corrected chi connectivity index (χ0v) is 14.5. The highest BCUT2D eigenvalue weighted by atomic mass is 16.5. The van der Waals surface area contributed by atoms with E-state index in [1.807, 2.05) is 38.1 Å². The van der Waals surface area contributed by atoms with Crippen LogP contribution in [0.4, 0.5) is 0 Å². The van der Waals surface area contributed by atoms with Gasteiger partial charge in [-0.25, -0.2) is 4.79 Å². The number of ether oxygens (including phenoxy) is 1. The van der Waals surface area contributed by atoms with Gasteiger partial charge in [-0.3, -0.25) is 4.79 Å². The molecule has 0 saturated heterocycles. The fourth-order valence-electron chi connectivity index (χ4n) is 2.36. The van der Waals surface area contributed by atoms with Gasteiger partial charge in [-0.2, -0.15) is 0 Å². The number of benzene rings is 2. The summed E-state index contributed by atoms with van der Waals surface area (Å²) in [4.78, 5) is 22.8. The molecule has 0 aliphatic rings. The number of para-hydroxylation sites is 1. The number of carboxylic acids is 1. The van der Waals surface area contributed by atoms with Crippen molar-refractivity contribution in [2.75, 3.05) is 6.54 Å². The molecule has 2 aromatic carbocycles. The van der Waals surface area contributed by atoms with Crippen molar-refractivity contribution in [1.29, 1.82) is 0 Å². The lowest BCUT2D eigenvalue weighted by Crippen LogP contribution is -2.33. The van der Waals surface area contributed by atoms with E-state index in [1.165, 1.54) is 0 Å². The van der Waals surface area contributed by atoms with Crippen molar-refractivity contribution in [2.45, 2.75) is 32.8 Å². The maximum atomic E-state index is 12.0. The minimum atomic E-state index is -0.952. The summed E-state index contributed by atoms with van der Waals surface area (Å²) in [7, 11) is 0. The molecule has 25 heavy (non-hydrogen) atoms. The number of carbonyl (C=O) groups is 2. The first-order valence-corrected chi connectivity index (χ1v) is 8.27. The number of nitrogens with one attached hydrogen (secondary N) is 1. The molecule has 0 aliphatic heterocycles. The predicted octanol–water partition coefficient (Wildman–Crippen LogP) is 3.21. The number of carbonyl (C=O) groups excluding carboxylic acids is 1. The number of carboxylic acid groups (broad SMARTS) is 1. The van der Waals surface area contributed by atoms with Gasteiger partial charge in [0.25, 0.3) is 0 Å². The summed E-state index contributed by atoms with van der Waals surface area (Å²) in [5.41, 5.74) is 2.24. The van der Waals surface area contributed by atoms with E-state index in [-0.39, 0.29) is 17.6 Å². The van der Waals surface area contributed by atoms with Crippen LogP contribution in [0, 0.1) is 6.92 Å². The summed E-state index contributed by atoms with van der Waals surface area (Å²) in [6.45, 7) is 4.33. The van der Waals surface area contributed by atoms with Gasteiger partial charge in [0.05, 0.1) is 12.1 Å². The van der Waals surface area contributed by atoms with Crippen LogP contribution in [0.2, 0.25) is 0 Å². The average Bonchev–Trinajstić information content (AvgIpc) is 2.60. The number of rotatable bonds is 8. The summed E-state index contributed by atoms with van der Waals surface area (Å²) in [5, 5.41) is 11.7. The normalized spacial score (nSPS) is 11.6. The largest absolute Gasteiger partial charge is 0.489 e. The zero-order valence-electron chi connectivity index (χ0n) is 14.5. The van der Waals surface area contributed by atoms with Crippen LogP contribution in [0.5, 0.6) is 5.75 Å². The summed E-state index contributed by atoms with van der Waals surface area (Å²) in [5.74, 6) is -0.183. The molecular formula is C20H23NO4. The molecule has 0 spiro atoms. The first-order valence-electron chi connectivity index (χ1n) is 8.27. The van der Waals surface area contributed by atoms with Gasteiger partial charge in [0, 0.05) is 6.42 Å². The minimum Gasteiger partial charge on any atom is -0.489 e. The molecule has 0 saturated carbocycles. The second kappa shape index (κ2) is 8.87. The van der Waals surface area contributed by atoms with Gasteiger partial charge in [0.2, 0.25) is 5.91 Å². The average molecular weight is 341 g/mol. The lowest BCUT2D eigenvalue weighted by Gasteiger charge is -2.17. The van der Waals surface area contributed by atoms with E-state index in [2.05, 4.69) is 5.32 Å². The maximum absolute atomic E-state index is 12.0. The third-order valence-electron chi connectivity index (χ3n) is 3.85. The van der Waals surface area contributed by atoms with Crippen LogP contribution in [0.25, 0.3) is 0 Å². The third kappa shape index (κ3) is 5.95. The van der Waals surface area contributed by atoms with E-state index >= 15 is 0 Å². The van der Waals surface area contributed by atoms with Gasteiger partial charge in [0.15, 0.2) is 0 Å². The SMILES string of the molecule is Cc1ccccc1OC(C)CNC(=O)CCc1ccc(C(=O)O)cc1. The second-order valence-electron chi connectivity index (χ2n) is 6.00. The van der Waals surface area contributed by atoms with Crippen molar-refractivity contribution in [3.63, 3.8) is 0 Å². The van der Waals surface area contributed by atoms with E-state index in [0.29, 0.717) is 19.4 Å². The monoisotopic (exact) mass is 341 g/mol. The fraction of sp³-hybridized carbons (Fsp3) is 0.300. The Morgan fingerprint density at radius 1 is 1.12 bits per heavy atom. The lowest BCUT2D eigenvalue weighted by atomic mass is 10.1. The fourth-order valence-corrected chi connectivity index (χ4v) is 2.36. The van der Waals surface area contributed by atoms with Gasteiger partial charge in [-0.1, -0.05) is 30.3 Å². The van der Waals surface area contributed by atoms with Gasteiger partial charge < -0.3 is 15.2 Å². The van der Waals surface area contributed by atoms with Gasteiger partial charge in [0.1, 0.15) is 11.9 Å². The van der Waals surface area contributed by atoms with Crippen molar-refractivity contribution in [1.82, 2.24) is 5.32 Å². The van der Waals surface area contributed by atoms with Crippen LogP contribution < -0.4 is 10.1 Å². The van der Waals surface area contributed by atoms with Gasteiger partial charge in [-0.05, 0) is 49.6 Å². The van der Waals surface area contributed by atoms with Crippen molar-refractivity contribution >= 4 is 11.9 Å². The molecule has 0 aromatic heterocycles. The number of aromatic carboxylic acids is 1. The van der Waals surface area contributed by atoms with Crippen LogP contribution >= 0.6 is 0 Å². The molecule has 0 bridgehead atoms. The lowest BCUT2D eigenvalue weighted by molar-refractivity contribution is -0.121. The molecule has 5 nitrogen and oxygen atoms in total. The summed E-state index contributed by atoms with van der Waals surface area (Å²) < 4.78 is 5.82. The Labute approximate surface area is 147 Å². The molecule has 2 N–H and O–H groups in total. The Kier molecular flexibility index (Phi) is 6.57. The molecule has 1 amide bonds. The quantitative estimate of drug-likeness (QED) is 0.773. The molecule has 0 aliphatic carbocycles. The predicted molar refractivity (Wildman–Crippen MR) is 96.0 cm³/mol. The third-order valence-corrected chi connectivity index (χ3v) is 3.85. The van der Waals surface area contributed by atoms with E-state index in [4.69, 9.17) is 9.84 Å². The summed E-state index contributed by atoms with van der Waals surface area (Å²) in [6, 6.07) is 14.3. The van der Waals surface area contributed by atoms with Crippen molar-refractivity contribution in [3.8, 4) is 5.75 Å². The van der Waals surface area contributed by atoms with Crippen LogP contribution in [0.1, 0.15) is 34.8 Å². The molecule has 1 unspecified atom stereocenters. The first-order chi connectivity index (χ1) is 12.0. The summed E-state index contributed by atoms with van der Waals surface area (Å²) >= 11 is 0. The van der Waals surface area contributed by atoms with Crippen LogP contribution in [-0.2, 0) is 11.2 Å². The molecule has 0 fully saturated rings. The van der Waals surface area contributed by atoms with E-state index < -0.39 is 5.97 Å². The number of amides is 1. The molecule has 2 rings (SSSR count). The minimum absolute atomic E-state index is 0.0532. The first kappa shape index (κ1) is 18.5. The Balaban J connectivity index is 1.73. The van der Waals surface area contributed by atoms with Gasteiger partial charge in [-0.15, -0.1) is 0 Å². The summed E-state index contributed by atoms with van der Waals surface area (Å²) in [6.07, 6.45) is 0.794. The topological polar surface area (TPSA) is 75.6 Å². The molecular weight excluding hydrogens is 318 g/mol. The van der Waals surface area contributed by atoms with E-state index in [0.717, 1.165) is 16.9 Å². The highest BCUT2D eigenvalue weighted by Crippen LogP contribution is 2.17. The second-order valence-corrected chi connectivity index (χ2v) is 6.00. The zero-order chi connectivity index (χ0) is 18.2. The van der Waals surface area contributed by atoms with Crippen molar-refractivity contribution < 1.29 is 19.4 Å². The van der Waals surface area contributed by atoms with Crippen LogP contribution in [0.3, 0.4) is 0 Å². The smallest absolute Gasteiger partial charge is 0.335 e. The molecule has 132 valence electrons. The standard InChI is InChI=1S/C20H23NO4/c1-14-5-3-4-6-18(14)25-15(2)13-21-19(22)12-9-16-7-10-17(11-8-16)20(23)24/h3-8,10-11,15H,9,12-13H2,1-2H3,(H,21,22)(H,23,24). The molecule has 0 heterocycles.